The van der Waals surface area contributed by atoms with Crippen LogP contribution in [0.15, 0.2) is 12.2 Å². The zero-order valence-corrected chi connectivity index (χ0v) is 19.8. The van der Waals surface area contributed by atoms with Crippen molar-refractivity contribution in [1.82, 2.24) is 10.2 Å². The van der Waals surface area contributed by atoms with Gasteiger partial charge in [0.15, 0.2) is 0 Å². The zero-order valence-electron chi connectivity index (χ0n) is 18.8. The van der Waals surface area contributed by atoms with Gasteiger partial charge in [-0.05, 0) is 30.7 Å². The highest BCUT2D eigenvalue weighted by molar-refractivity contribution is 6.60. The summed E-state index contributed by atoms with van der Waals surface area (Å²) in [6.45, 7) is 8.77. The summed E-state index contributed by atoms with van der Waals surface area (Å²) >= 11 is 0. The number of hydrogen-bond donors (Lipinski definition) is 3. The molecule has 5 N–H and O–H groups in total. The van der Waals surface area contributed by atoms with Gasteiger partial charge in [-0.1, -0.05) is 19.9 Å². The number of hydrogen-bond acceptors (Lipinski definition) is 7. The lowest BCUT2D eigenvalue weighted by atomic mass is 10.3. The van der Waals surface area contributed by atoms with Gasteiger partial charge in [0.1, 0.15) is 6.61 Å². The Balaban J connectivity index is -0.00000143. The van der Waals surface area contributed by atoms with E-state index >= 15 is 0 Å². The highest BCUT2D eigenvalue weighted by Gasteiger charge is 2.37. The van der Waals surface area contributed by atoms with E-state index in [1.165, 1.54) is 0 Å². The Hall–Kier alpha value is -1.94. The average Bonchev–Trinajstić information content (AvgIpc) is 2.70. The Labute approximate surface area is 191 Å². The van der Waals surface area contributed by atoms with Crippen LogP contribution in [0.2, 0.25) is 6.04 Å². The molecule has 0 aromatic carbocycles. The molecule has 0 aromatic heterocycles. The molecule has 0 unspecified atom stereocenters. The molecule has 0 aromatic rings. The van der Waals surface area contributed by atoms with Gasteiger partial charge in [0.25, 0.3) is 0 Å². The Kier molecular flexibility index (Phi) is 21.7. The molecule has 0 radical (unpaired) electrons. The molecule has 184 valence electrons. The Morgan fingerprint density at radius 3 is 1.94 bits per heavy atom. The van der Waals surface area contributed by atoms with Gasteiger partial charge in [-0.25, -0.2) is 14.4 Å². The second kappa shape index (κ2) is 20.0. The molecule has 13 heteroatoms. The van der Waals surface area contributed by atoms with E-state index < -0.39 is 20.8 Å². The maximum Gasteiger partial charge on any atom is 0.500 e. The molecule has 0 rings (SSSR count). The predicted octanol–water partition coefficient (Wildman–Crippen LogP) is -0.242. The first kappa shape index (κ1) is 33.7. The molecule has 0 aliphatic heterocycles. The first-order valence-electron chi connectivity index (χ1n) is 9.64. The van der Waals surface area contributed by atoms with Crippen molar-refractivity contribution in [3.8, 4) is 0 Å². The lowest BCUT2D eigenvalue weighted by Gasteiger charge is -2.27. The molecule has 0 saturated heterocycles. The molecule has 0 spiro atoms. The van der Waals surface area contributed by atoms with Gasteiger partial charge >= 0.3 is 26.8 Å². The normalized spacial score (nSPS) is 10.1. The Morgan fingerprint density at radius 1 is 1.03 bits per heavy atom. The molecular formula is C18H42N4O7Si2. The standard InChI is InChI=1S/C17H34N2O6Si.CH4N2O.H4Si/c1-7-8-11-19(12-9-14-26(22-4,23-5)24-6)17(21)18-10-13-25-16(20)15(2)3;2-1(3)4;/h2,7-14H2,1,3-6H3,(H,18,21);(H4,2,3,4);1H4. The summed E-state index contributed by atoms with van der Waals surface area (Å²) in [7, 11) is 2.10. The van der Waals surface area contributed by atoms with E-state index in [1.807, 2.05) is 0 Å². The third-order valence-corrected chi connectivity index (χ3v) is 6.70. The van der Waals surface area contributed by atoms with Gasteiger partial charge in [-0.2, -0.15) is 0 Å². The molecule has 31 heavy (non-hydrogen) atoms. The highest BCUT2D eigenvalue weighted by atomic mass is 28.4. The number of primary amides is 2. The Bertz CT molecular complexity index is 523. The van der Waals surface area contributed by atoms with Crippen molar-refractivity contribution in [2.24, 2.45) is 11.5 Å². The zero-order chi connectivity index (χ0) is 23.6. The smallest absolute Gasteiger partial charge is 0.460 e. The van der Waals surface area contributed by atoms with Crippen LogP contribution in [0.3, 0.4) is 0 Å². The van der Waals surface area contributed by atoms with E-state index in [0.717, 1.165) is 12.8 Å². The van der Waals surface area contributed by atoms with Crippen LogP contribution in [-0.4, -0.2) is 90.3 Å². The minimum Gasteiger partial charge on any atom is -0.460 e. The third-order valence-electron chi connectivity index (χ3n) is 3.87. The summed E-state index contributed by atoms with van der Waals surface area (Å²) in [5.41, 5.74) is 8.84. The quantitative estimate of drug-likeness (QED) is 0.133. The summed E-state index contributed by atoms with van der Waals surface area (Å²) in [6.07, 6.45) is 2.62. The predicted molar refractivity (Wildman–Crippen MR) is 127 cm³/mol. The molecule has 0 saturated carbocycles. The van der Waals surface area contributed by atoms with E-state index in [4.69, 9.17) is 22.8 Å². The van der Waals surface area contributed by atoms with Crippen LogP contribution in [0.25, 0.3) is 0 Å². The largest absolute Gasteiger partial charge is 0.500 e. The first-order valence-corrected chi connectivity index (χ1v) is 11.6. The van der Waals surface area contributed by atoms with Gasteiger partial charge in [0.2, 0.25) is 0 Å². The second-order valence-corrected chi connectivity index (χ2v) is 9.38. The van der Waals surface area contributed by atoms with Crippen molar-refractivity contribution in [1.29, 1.82) is 0 Å². The van der Waals surface area contributed by atoms with Crippen LogP contribution < -0.4 is 16.8 Å². The van der Waals surface area contributed by atoms with Gasteiger partial charge in [-0.3, -0.25) is 0 Å². The number of nitrogens with two attached hydrogens (primary N) is 2. The van der Waals surface area contributed by atoms with Crippen LogP contribution >= 0.6 is 0 Å². The van der Waals surface area contributed by atoms with Crippen molar-refractivity contribution in [3.05, 3.63) is 12.2 Å². The number of carbonyl (C=O) groups is 3. The van der Waals surface area contributed by atoms with E-state index in [9.17, 15) is 9.59 Å². The fourth-order valence-electron chi connectivity index (χ4n) is 2.24. The number of urea groups is 2. The number of nitrogens with zero attached hydrogens (tertiary/aromatic N) is 1. The van der Waals surface area contributed by atoms with Crippen LogP contribution in [0.1, 0.15) is 33.1 Å². The van der Waals surface area contributed by atoms with Crippen LogP contribution in [0.4, 0.5) is 9.59 Å². The summed E-state index contributed by atoms with van der Waals surface area (Å²) in [5, 5.41) is 2.77. The van der Waals surface area contributed by atoms with E-state index in [-0.39, 0.29) is 30.1 Å². The Morgan fingerprint density at radius 2 is 1.52 bits per heavy atom. The fraction of sp³-hybridized carbons (Fsp3) is 0.722. The van der Waals surface area contributed by atoms with E-state index in [2.05, 4.69) is 30.3 Å². The number of unbranched alkanes of at least 4 members (excludes halogenated alkanes) is 1. The summed E-state index contributed by atoms with van der Waals surface area (Å²) in [4.78, 5) is 34.4. The molecule has 0 fully saturated rings. The fourth-order valence-corrected chi connectivity index (χ4v) is 3.95. The van der Waals surface area contributed by atoms with Gasteiger partial charge in [0.05, 0.1) is 6.54 Å². The van der Waals surface area contributed by atoms with Crippen LogP contribution in [0.5, 0.6) is 0 Å². The monoisotopic (exact) mass is 482 g/mol. The topological polar surface area (TPSA) is 155 Å². The van der Waals surface area contributed by atoms with Crippen molar-refractivity contribution in [2.75, 3.05) is 47.6 Å². The van der Waals surface area contributed by atoms with Crippen molar-refractivity contribution < 1.29 is 32.4 Å². The maximum absolute atomic E-state index is 12.4. The molecule has 0 bridgehead atoms. The molecular weight excluding hydrogens is 440 g/mol. The molecule has 0 heterocycles. The van der Waals surface area contributed by atoms with Crippen LogP contribution in [0, 0.1) is 0 Å². The number of nitrogens with one attached hydrogen (secondary N) is 1. The number of esters is 1. The van der Waals surface area contributed by atoms with Crippen molar-refractivity contribution in [2.45, 2.75) is 39.2 Å². The minimum absolute atomic E-state index is 0. The average molecular weight is 483 g/mol. The number of ether oxygens (including phenoxy) is 1. The summed E-state index contributed by atoms with van der Waals surface area (Å²) in [6, 6.07) is -0.382. The van der Waals surface area contributed by atoms with Gasteiger partial charge in [0, 0.05) is 46.0 Å². The lowest BCUT2D eigenvalue weighted by Crippen LogP contribution is -2.45. The second-order valence-electron chi connectivity index (χ2n) is 6.29. The SMILES string of the molecule is C=C(C)C(=O)OCCNC(=O)N(CCCC)CCC[Si](OC)(OC)OC.NC(N)=O.[SiH4]. The first-order chi connectivity index (χ1) is 14.1. The number of carbonyl (C=O) groups excluding carboxylic acids is 3. The lowest BCUT2D eigenvalue weighted by molar-refractivity contribution is -0.138. The van der Waals surface area contributed by atoms with E-state index in [0.29, 0.717) is 31.1 Å². The van der Waals surface area contributed by atoms with Gasteiger partial charge < -0.3 is 39.7 Å². The molecule has 0 aliphatic carbocycles. The molecule has 11 nitrogen and oxygen atoms in total. The highest BCUT2D eigenvalue weighted by Crippen LogP contribution is 2.15. The van der Waals surface area contributed by atoms with Crippen molar-refractivity contribution >= 4 is 37.8 Å². The number of amides is 4. The van der Waals surface area contributed by atoms with Crippen LogP contribution in [-0.2, 0) is 22.8 Å². The summed E-state index contributed by atoms with van der Waals surface area (Å²) < 4.78 is 21.2. The third kappa shape index (κ3) is 17.4. The summed E-state index contributed by atoms with van der Waals surface area (Å²) in [5.74, 6) is -0.456. The molecule has 4 amide bonds. The maximum atomic E-state index is 12.4. The number of rotatable bonds is 14. The van der Waals surface area contributed by atoms with E-state index in [1.54, 1.807) is 33.2 Å². The van der Waals surface area contributed by atoms with Gasteiger partial charge in [-0.15, -0.1) is 0 Å². The molecule has 0 aliphatic rings. The molecule has 0 atom stereocenters. The minimum atomic E-state index is -2.63. The van der Waals surface area contributed by atoms with Crippen molar-refractivity contribution in [3.63, 3.8) is 0 Å².